The van der Waals surface area contributed by atoms with Gasteiger partial charge in [0.15, 0.2) is 0 Å². The Morgan fingerprint density at radius 2 is 2.04 bits per heavy atom. The SMILES string of the molecule is O=C(/C=C/c1cccs1)Nc1ccc(N2CCOCC2)c(C(=O)O)c1. The molecule has 2 N–H and O–H groups in total. The van der Waals surface area contributed by atoms with E-state index in [-0.39, 0.29) is 11.5 Å². The predicted molar refractivity (Wildman–Crippen MR) is 98.4 cm³/mol. The number of carboxylic acid groups (broad SMARTS) is 1. The maximum atomic E-state index is 12.0. The molecule has 0 saturated carbocycles. The summed E-state index contributed by atoms with van der Waals surface area (Å²) < 4.78 is 5.30. The molecule has 2 aromatic rings. The van der Waals surface area contributed by atoms with Crippen molar-refractivity contribution in [2.75, 3.05) is 36.5 Å². The van der Waals surface area contributed by atoms with E-state index >= 15 is 0 Å². The van der Waals surface area contributed by atoms with E-state index in [0.717, 1.165) is 4.88 Å². The average Bonchev–Trinajstić information content (AvgIpc) is 3.14. The topological polar surface area (TPSA) is 78.9 Å². The minimum Gasteiger partial charge on any atom is -0.478 e. The van der Waals surface area contributed by atoms with Gasteiger partial charge in [-0.3, -0.25) is 4.79 Å². The largest absolute Gasteiger partial charge is 0.478 e. The molecule has 1 saturated heterocycles. The Bertz CT molecular complexity index is 780. The van der Waals surface area contributed by atoms with Crippen LogP contribution in [0.4, 0.5) is 11.4 Å². The Labute approximate surface area is 149 Å². The third-order valence-corrected chi connectivity index (χ3v) is 4.63. The van der Waals surface area contributed by atoms with Gasteiger partial charge in [-0.05, 0) is 35.7 Å². The molecule has 1 aliphatic rings. The molecule has 25 heavy (non-hydrogen) atoms. The molecule has 1 aromatic heterocycles. The maximum absolute atomic E-state index is 12.0. The first-order valence-electron chi connectivity index (χ1n) is 7.86. The average molecular weight is 358 g/mol. The smallest absolute Gasteiger partial charge is 0.337 e. The molecule has 1 aromatic carbocycles. The summed E-state index contributed by atoms with van der Waals surface area (Å²) in [6.07, 6.45) is 3.16. The van der Waals surface area contributed by atoms with Crippen molar-refractivity contribution in [2.45, 2.75) is 0 Å². The molecule has 0 bridgehead atoms. The van der Waals surface area contributed by atoms with Gasteiger partial charge >= 0.3 is 5.97 Å². The highest BCUT2D eigenvalue weighted by molar-refractivity contribution is 7.10. The first-order valence-corrected chi connectivity index (χ1v) is 8.74. The van der Waals surface area contributed by atoms with Crippen LogP contribution in [0.2, 0.25) is 0 Å². The number of anilines is 2. The number of nitrogens with zero attached hydrogens (tertiary/aromatic N) is 1. The highest BCUT2D eigenvalue weighted by Gasteiger charge is 2.19. The van der Waals surface area contributed by atoms with Gasteiger partial charge in [-0.25, -0.2) is 4.79 Å². The second-order valence-corrected chi connectivity index (χ2v) is 6.45. The fraction of sp³-hybridized carbons (Fsp3) is 0.222. The van der Waals surface area contributed by atoms with Crippen molar-refractivity contribution in [3.63, 3.8) is 0 Å². The third kappa shape index (κ3) is 4.46. The number of carbonyl (C=O) groups excluding carboxylic acids is 1. The summed E-state index contributed by atoms with van der Waals surface area (Å²) in [5.74, 6) is -1.32. The number of nitrogens with one attached hydrogen (secondary N) is 1. The number of morpholine rings is 1. The van der Waals surface area contributed by atoms with Gasteiger partial charge in [0.05, 0.1) is 24.5 Å². The van der Waals surface area contributed by atoms with Gasteiger partial charge in [0.1, 0.15) is 0 Å². The number of carboxylic acids is 1. The zero-order valence-corrected chi connectivity index (χ0v) is 14.3. The van der Waals surface area contributed by atoms with E-state index in [9.17, 15) is 14.7 Å². The van der Waals surface area contributed by atoms with Crippen LogP contribution in [0.15, 0.2) is 41.8 Å². The molecule has 1 aliphatic heterocycles. The van der Waals surface area contributed by atoms with Gasteiger partial charge in [0.2, 0.25) is 5.91 Å². The summed E-state index contributed by atoms with van der Waals surface area (Å²) in [5.41, 5.74) is 1.26. The van der Waals surface area contributed by atoms with Crippen LogP contribution in [-0.4, -0.2) is 43.3 Å². The van der Waals surface area contributed by atoms with Crippen LogP contribution in [0.5, 0.6) is 0 Å². The van der Waals surface area contributed by atoms with Crippen LogP contribution in [0.1, 0.15) is 15.2 Å². The summed E-state index contributed by atoms with van der Waals surface area (Å²) in [6, 6.07) is 8.76. The third-order valence-electron chi connectivity index (χ3n) is 3.79. The maximum Gasteiger partial charge on any atom is 0.337 e. The lowest BCUT2D eigenvalue weighted by Gasteiger charge is -2.30. The number of thiophene rings is 1. The molecule has 6 nitrogen and oxygen atoms in total. The van der Waals surface area contributed by atoms with E-state index in [4.69, 9.17) is 4.74 Å². The molecule has 7 heteroatoms. The molecule has 2 heterocycles. The van der Waals surface area contributed by atoms with Gasteiger partial charge < -0.3 is 20.1 Å². The van der Waals surface area contributed by atoms with E-state index in [2.05, 4.69) is 5.32 Å². The number of aromatic carboxylic acids is 1. The Kier molecular flexibility index (Phi) is 5.47. The Morgan fingerprint density at radius 1 is 1.24 bits per heavy atom. The second-order valence-electron chi connectivity index (χ2n) is 5.47. The monoisotopic (exact) mass is 358 g/mol. The standard InChI is InChI=1S/C18H18N2O4S/c21-17(6-4-14-2-1-11-25-14)19-13-3-5-16(15(12-13)18(22)23)20-7-9-24-10-8-20/h1-6,11-12H,7-10H2,(H,19,21)(H,22,23)/b6-4+. The van der Waals surface area contributed by atoms with Crippen molar-refractivity contribution in [1.82, 2.24) is 0 Å². The molecule has 3 rings (SSSR count). The van der Waals surface area contributed by atoms with Gasteiger partial charge in [-0.1, -0.05) is 6.07 Å². The van der Waals surface area contributed by atoms with Crippen LogP contribution in [0.25, 0.3) is 6.08 Å². The van der Waals surface area contributed by atoms with E-state index in [0.29, 0.717) is 37.7 Å². The van der Waals surface area contributed by atoms with Crippen molar-refractivity contribution in [1.29, 1.82) is 0 Å². The minimum absolute atomic E-state index is 0.168. The van der Waals surface area contributed by atoms with Crippen molar-refractivity contribution < 1.29 is 19.4 Å². The highest BCUT2D eigenvalue weighted by Crippen LogP contribution is 2.25. The minimum atomic E-state index is -1.02. The zero-order valence-electron chi connectivity index (χ0n) is 13.5. The first-order chi connectivity index (χ1) is 12.1. The van der Waals surface area contributed by atoms with Crippen molar-refractivity contribution in [3.05, 3.63) is 52.2 Å². The number of hydrogen-bond acceptors (Lipinski definition) is 5. The van der Waals surface area contributed by atoms with Gasteiger partial charge in [0, 0.05) is 29.7 Å². The van der Waals surface area contributed by atoms with Crippen LogP contribution < -0.4 is 10.2 Å². The lowest BCUT2D eigenvalue weighted by atomic mass is 10.1. The molecule has 1 amide bonds. The van der Waals surface area contributed by atoms with E-state index in [1.807, 2.05) is 22.4 Å². The van der Waals surface area contributed by atoms with Crippen molar-refractivity contribution in [3.8, 4) is 0 Å². The normalized spacial score (nSPS) is 14.6. The fourth-order valence-electron chi connectivity index (χ4n) is 2.59. The molecule has 0 radical (unpaired) electrons. The van der Waals surface area contributed by atoms with E-state index < -0.39 is 5.97 Å². The Balaban J connectivity index is 1.74. The van der Waals surface area contributed by atoms with Gasteiger partial charge in [0.25, 0.3) is 0 Å². The number of ether oxygens (including phenoxy) is 1. The van der Waals surface area contributed by atoms with Gasteiger partial charge in [-0.15, -0.1) is 11.3 Å². The molecular formula is C18H18N2O4S. The summed E-state index contributed by atoms with van der Waals surface area (Å²) in [4.78, 5) is 26.6. The number of amides is 1. The zero-order chi connectivity index (χ0) is 17.6. The van der Waals surface area contributed by atoms with E-state index in [1.165, 1.54) is 23.5 Å². The van der Waals surface area contributed by atoms with Crippen LogP contribution in [-0.2, 0) is 9.53 Å². The first kappa shape index (κ1) is 17.2. The van der Waals surface area contributed by atoms with Crippen LogP contribution in [0, 0.1) is 0 Å². The quantitative estimate of drug-likeness (QED) is 0.804. The molecule has 0 atom stereocenters. The molecular weight excluding hydrogens is 340 g/mol. The highest BCUT2D eigenvalue weighted by atomic mass is 32.1. The molecule has 0 spiro atoms. The molecule has 130 valence electrons. The van der Waals surface area contributed by atoms with Crippen LogP contribution >= 0.6 is 11.3 Å². The Morgan fingerprint density at radius 3 is 2.72 bits per heavy atom. The lowest BCUT2D eigenvalue weighted by molar-refractivity contribution is -0.111. The summed E-state index contributed by atoms with van der Waals surface area (Å²) in [6.45, 7) is 2.45. The molecule has 0 aliphatic carbocycles. The van der Waals surface area contributed by atoms with Gasteiger partial charge in [-0.2, -0.15) is 0 Å². The number of benzene rings is 1. The molecule has 1 fully saturated rings. The summed E-state index contributed by atoms with van der Waals surface area (Å²) in [7, 11) is 0. The molecule has 0 unspecified atom stereocenters. The second kappa shape index (κ2) is 7.96. The Hall–Kier alpha value is -2.64. The lowest BCUT2D eigenvalue weighted by Crippen LogP contribution is -2.37. The number of rotatable bonds is 5. The van der Waals surface area contributed by atoms with Crippen molar-refractivity contribution >= 4 is 40.7 Å². The van der Waals surface area contributed by atoms with Crippen LogP contribution in [0.3, 0.4) is 0 Å². The number of carbonyl (C=O) groups is 2. The summed E-state index contributed by atoms with van der Waals surface area (Å²) in [5, 5.41) is 14.1. The predicted octanol–water partition coefficient (Wildman–Crippen LogP) is 2.93. The summed E-state index contributed by atoms with van der Waals surface area (Å²) >= 11 is 1.54. The van der Waals surface area contributed by atoms with E-state index in [1.54, 1.807) is 18.2 Å². The van der Waals surface area contributed by atoms with Crippen molar-refractivity contribution in [2.24, 2.45) is 0 Å². The number of hydrogen-bond donors (Lipinski definition) is 2. The fourth-order valence-corrected chi connectivity index (χ4v) is 3.21.